The lowest BCUT2D eigenvalue weighted by Gasteiger charge is -2.12. The number of hydrogen-bond donors (Lipinski definition) is 1. The first-order chi connectivity index (χ1) is 12.1. The highest BCUT2D eigenvalue weighted by Gasteiger charge is 2.16. The molecule has 2 N–H and O–H groups in total. The Morgan fingerprint density at radius 3 is 1.92 bits per heavy atom. The third-order valence-electron chi connectivity index (χ3n) is 4.92. The standard InChI is InChI=1S/C22H36FNO/c1-3-5-7-9-11-13-15-19-20(22(24)25)17-16-18(21(19)23)14-12-10-8-6-4-2/h16-17H,3-15H2,1-2H3,(H2,24,25). The second-order valence-corrected chi connectivity index (χ2v) is 7.11. The lowest BCUT2D eigenvalue weighted by molar-refractivity contribution is 0.0998. The molecule has 0 spiro atoms. The van der Waals surface area contributed by atoms with Crippen LogP contribution in [0, 0.1) is 5.82 Å². The van der Waals surface area contributed by atoms with Crippen LogP contribution in [0.25, 0.3) is 0 Å². The minimum Gasteiger partial charge on any atom is -0.366 e. The molecule has 0 aromatic heterocycles. The molecule has 1 aromatic carbocycles. The SMILES string of the molecule is CCCCCCCCc1c(C(N)=O)ccc(CCCCCCC)c1F. The molecule has 3 heteroatoms. The van der Waals surface area contributed by atoms with Gasteiger partial charge in [-0.1, -0.05) is 77.7 Å². The quantitative estimate of drug-likeness (QED) is 0.391. The van der Waals surface area contributed by atoms with Gasteiger partial charge in [0.1, 0.15) is 5.82 Å². The first-order valence-electron chi connectivity index (χ1n) is 10.2. The molecule has 0 aliphatic rings. The van der Waals surface area contributed by atoms with Gasteiger partial charge in [0.25, 0.3) is 0 Å². The summed E-state index contributed by atoms with van der Waals surface area (Å²) in [5.74, 6) is -0.713. The third-order valence-corrected chi connectivity index (χ3v) is 4.92. The maximum Gasteiger partial charge on any atom is 0.249 e. The molecule has 0 saturated carbocycles. The number of hydrogen-bond acceptors (Lipinski definition) is 1. The third kappa shape index (κ3) is 8.02. The van der Waals surface area contributed by atoms with Crippen molar-refractivity contribution < 1.29 is 9.18 Å². The van der Waals surface area contributed by atoms with Crippen molar-refractivity contribution in [3.05, 3.63) is 34.6 Å². The monoisotopic (exact) mass is 349 g/mol. The van der Waals surface area contributed by atoms with E-state index < -0.39 is 5.91 Å². The highest BCUT2D eigenvalue weighted by Crippen LogP contribution is 2.22. The number of carbonyl (C=O) groups is 1. The van der Waals surface area contributed by atoms with Gasteiger partial charge >= 0.3 is 0 Å². The predicted molar refractivity (Wildman–Crippen MR) is 104 cm³/mol. The molecular formula is C22H36FNO. The average Bonchev–Trinajstić information content (AvgIpc) is 2.59. The van der Waals surface area contributed by atoms with E-state index in [0.717, 1.165) is 37.7 Å². The average molecular weight is 350 g/mol. The maximum atomic E-state index is 14.9. The van der Waals surface area contributed by atoms with Crippen molar-refractivity contribution in [3.63, 3.8) is 0 Å². The number of nitrogens with two attached hydrogens (primary N) is 1. The minimum atomic E-state index is -0.519. The molecule has 142 valence electrons. The summed E-state index contributed by atoms with van der Waals surface area (Å²) in [6.07, 6.45) is 14.1. The number of benzene rings is 1. The first kappa shape index (κ1) is 21.7. The van der Waals surface area contributed by atoms with Crippen molar-refractivity contribution >= 4 is 5.91 Å². The molecule has 1 amide bonds. The van der Waals surface area contributed by atoms with Crippen LogP contribution < -0.4 is 5.73 Å². The Kier molecular flexibility index (Phi) is 11.2. The number of primary amides is 1. The van der Waals surface area contributed by atoms with Gasteiger partial charge in [-0.25, -0.2) is 4.39 Å². The molecule has 0 aliphatic heterocycles. The largest absolute Gasteiger partial charge is 0.366 e. The summed E-state index contributed by atoms with van der Waals surface area (Å²) in [7, 11) is 0. The molecule has 25 heavy (non-hydrogen) atoms. The summed E-state index contributed by atoms with van der Waals surface area (Å²) < 4.78 is 14.9. The molecule has 1 aromatic rings. The number of amides is 1. The summed E-state index contributed by atoms with van der Waals surface area (Å²) in [6, 6.07) is 3.47. The first-order valence-corrected chi connectivity index (χ1v) is 10.2. The highest BCUT2D eigenvalue weighted by atomic mass is 19.1. The lowest BCUT2D eigenvalue weighted by Crippen LogP contribution is -2.16. The molecule has 0 atom stereocenters. The number of carbonyl (C=O) groups excluding carboxylic acids is 1. The molecule has 0 saturated heterocycles. The number of aryl methyl sites for hydroxylation is 1. The van der Waals surface area contributed by atoms with Gasteiger partial charge in [-0.05, 0) is 37.3 Å². The van der Waals surface area contributed by atoms with Crippen LogP contribution in [-0.2, 0) is 12.8 Å². The van der Waals surface area contributed by atoms with Gasteiger partial charge in [0, 0.05) is 11.1 Å². The summed E-state index contributed by atoms with van der Waals surface area (Å²) in [6.45, 7) is 4.39. The van der Waals surface area contributed by atoms with Crippen LogP contribution >= 0.6 is 0 Å². The predicted octanol–water partition coefficient (Wildman–Crippen LogP) is 6.34. The van der Waals surface area contributed by atoms with E-state index in [1.165, 1.54) is 44.9 Å². The van der Waals surface area contributed by atoms with Crippen LogP contribution in [0.4, 0.5) is 4.39 Å². The van der Waals surface area contributed by atoms with Crippen molar-refractivity contribution in [1.29, 1.82) is 0 Å². The smallest absolute Gasteiger partial charge is 0.249 e. The Morgan fingerprint density at radius 1 is 0.840 bits per heavy atom. The van der Waals surface area contributed by atoms with Crippen LogP contribution in [0.3, 0.4) is 0 Å². The van der Waals surface area contributed by atoms with E-state index >= 15 is 0 Å². The van der Waals surface area contributed by atoms with Crippen LogP contribution in [0.1, 0.15) is 106 Å². The van der Waals surface area contributed by atoms with Gasteiger partial charge in [-0.3, -0.25) is 4.79 Å². The lowest BCUT2D eigenvalue weighted by atomic mass is 9.94. The molecule has 0 radical (unpaired) electrons. The van der Waals surface area contributed by atoms with Gasteiger partial charge in [0.15, 0.2) is 0 Å². The summed E-state index contributed by atoms with van der Waals surface area (Å²) in [5.41, 5.74) is 7.09. The van der Waals surface area contributed by atoms with Crippen molar-refractivity contribution in [2.24, 2.45) is 5.73 Å². The van der Waals surface area contributed by atoms with E-state index in [0.29, 0.717) is 17.5 Å². The zero-order chi connectivity index (χ0) is 18.5. The topological polar surface area (TPSA) is 43.1 Å². The second-order valence-electron chi connectivity index (χ2n) is 7.11. The van der Waals surface area contributed by atoms with Gasteiger partial charge < -0.3 is 5.73 Å². The normalized spacial score (nSPS) is 11.0. The molecular weight excluding hydrogens is 313 g/mol. The van der Waals surface area contributed by atoms with E-state index in [2.05, 4.69) is 13.8 Å². The molecule has 1 rings (SSSR count). The van der Waals surface area contributed by atoms with Gasteiger partial charge in [-0.15, -0.1) is 0 Å². The molecule has 0 fully saturated rings. The Morgan fingerprint density at radius 2 is 1.36 bits per heavy atom. The zero-order valence-electron chi connectivity index (χ0n) is 16.2. The molecule has 0 bridgehead atoms. The summed E-state index contributed by atoms with van der Waals surface area (Å²) in [4.78, 5) is 11.6. The van der Waals surface area contributed by atoms with Crippen molar-refractivity contribution in [2.45, 2.75) is 97.3 Å². The van der Waals surface area contributed by atoms with E-state index in [1.54, 1.807) is 12.1 Å². The van der Waals surface area contributed by atoms with E-state index in [1.807, 2.05) is 0 Å². The van der Waals surface area contributed by atoms with E-state index in [4.69, 9.17) is 5.73 Å². The van der Waals surface area contributed by atoms with E-state index in [9.17, 15) is 9.18 Å². The fourth-order valence-corrected chi connectivity index (χ4v) is 3.34. The van der Waals surface area contributed by atoms with Crippen molar-refractivity contribution in [3.8, 4) is 0 Å². The molecule has 0 unspecified atom stereocenters. The molecule has 0 aliphatic carbocycles. The number of halogens is 1. The molecule has 0 heterocycles. The van der Waals surface area contributed by atoms with Crippen LogP contribution in [0.2, 0.25) is 0 Å². The van der Waals surface area contributed by atoms with Crippen molar-refractivity contribution in [1.82, 2.24) is 0 Å². The minimum absolute atomic E-state index is 0.194. The fourth-order valence-electron chi connectivity index (χ4n) is 3.34. The Hall–Kier alpha value is -1.38. The maximum absolute atomic E-state index is 14.9. The van der Waals surface area contributed by atoms with Crippen molar-refractivity contribution in [2.75, 3.05) is 0 Å². The van der Waals surface area contributed by atoms with Gasteiger partial charge in [-0.2, -0.15) is 0 Å². The summed E-state index contributed by atoms with van der Waals surface area (Å²) in [5, 5.41) is 0. The Balaban J connectivity index is 2.64. The van der Waals surface area contributed by atoms with Gasteiger partial charge in [0.05, 0.1) is 0 Å². The van der Waals surface area contributed by atoms with Crippen LogP contribution in [-0.4, -0.2) is 5.91 Å². The molecule has 2 nitrogen and oxygen atoms in total. The fraction of sp³-hybridized carbons (Fsp3) is 0.682. The van der Waals surface area contributed by atoms with Crippen LogP contribution in [0.15, 0.2) is 12.1 Å². The Bertz CT molecular complexity index is 513. The summed E-state index contributed by atoms with van der Waals surface area (Å²) >= 11 is 0. The number of rotatable bonds is 14. The highest BCUT2D eigenvalue weighted by molar-refractivity contribution is 5.94. The number of unbranched alkanes of at least 4 members (excludes halogenated alkanes) is 9. The zero-order valence-corrected chi connectivity index (χ0v) is 16.2. The Labute approximate surface area is 153 Å². The van der Waals surface area contributed by atoms with E-state index in [-0.39, 0.29) is 5.82 Å². The second kappa shape index (κ2) is 12.9. The van der Waals surface area contributed by atoms with Crippen LogP contribution in [0.5, 0.6) is 0 Å². The van der Waals surface area contributed by atoms with Gasteiger partial charge in [0.2, 0.25) is 5.91 Å².